The summed E-state index contributed by atoms with van der Waals surface area (Å²) in [5, 5.41) is 10.1. The fraction of sp³-hybridized carbons (Fsp3) is 0.364. The molecule has 61 heavy (non-hydrogen) atoms. The average Bonchev–Trinajstić information content (AvgIpc) is 3.91. The van der Waals surface area contributed by atoms with Crippen LogP contribution in [0.2, 0.25) is 0 Å². The van der Waals surface area contributed by atoms with Crippen molar-refractivity contribution in [2.75, 3.05) is 20.3 Å². The van der Waals surface area contributed by atoms with Gasteiger partial charge in [-0.2, -0.15) is 0 Å². The van der Waals surface area contributed by atoms with Crippen molar-refractivity contribution in [3.63, 3.8) is 0 Å². The summed E-state index contributed by atoms with van der Waals surface area (Å²) < 4.78 is 10.8. The zero-order chi connectivity index (χ0) is 42.9. The molecular weight excluding hydrogens is 749 g/mol. The first-order chi connectivity index (χ1) is 29.6. The average molecular weight is 813 g/mol. The van der Waals surface area contributed by atoms with Gasteiger partial charge < -0.3 is 18.8 Å². The fourth-order valence-electron chi connectivity index (χ4n) is 10.5. The van der Waals surface area contributed by atoms with Crippen LogP contribution in [0.1, 0.15) is 105 Å². The van der Waals surface area contributed by atoms with Crippen molar-refractivity contribution < 1.29 is 9.53 Å². The highest BCUT2D eigenvalue weighted by atomic mass is 16.5. The predicted octanol–water partition coefficient (Wildman–Crippen LogP) is 12.2. The molecule has 3 heterocycles. The monoisotopic (exact) mass is 813 g/mol. The van der Waals surface area contributed by atoms with Gasteiger partial charge >= 0.3 is 0 Å². The van der Waals surface area contributed by atoms with E-state index in [9.17, 15) is 0 Å². The summed E-state index contributed by atoms with van der Waals surface area (Å²) in [4.78, 5) is 19.2. The molecule has 4 aromatic carbocycles. The van der Waals surface area contributed by atoms with Gasteiger partial charge in [-0.25, -0.2) is 0 Å². The van der Waals surface area contributed by atoms with E-state index in [0.717, 1.165) is 68.1 Å². The molecule has 2 fully saturated rings. The van der Waals surface area contributed by atoms with E-state index in [1.807, 2.05) is 4.90 Å². The maximum Gasteiger partial charge on any atom is 0.262 e. The Kier molecular flexibility index (Phi) is 12.3. The molecule has 6 nitrogen and oxygen atoms in total. The van der Waals surface area contributed by atoms with Crippen LogP contribution in [0.15, 0.2) is 132 Å². The Morgan fingerprint density at radius 1 is 0.656 bits per heavy atom. The standard InChI is InChI=1S/C55H64N4O2/c1-10-13-34-56-40(8)57(38(6)35-61-9)39(7)51(55(56)60)52-43(30-32-47-45-24-14-20-41-22-16-26-49(53(41)45)58(47)36(4)18-11-2)28-29-44(52)31-33-48-46-25-15-21-42-23-17-27-50(54(42)46)59(48)37(5)19-12-3/h14-17,20-27,30-33,36-38H,7-8,10-13,18-19,28-29,34-35H2,1-6,9H3/b43-30-,44-31+,47-32+,48-33+,52-51-. The van der Waals surface area contributed by atoms with Gasteiger partial charge in [0.15, 0.2) is 0 Å². The second-order valence-corrected chi connectivity index (χ2v) is 17.5. The molecule has 1 saturated heterocycles. The second kappa shape index (κ2) is 17.8. The van der Waals surface area contributed by atoms with E-state index in [1.54, 1.807) is 7.11 Å². The van der Waals surface area contributed by atoms with Crippen molar-refractivity contribution in [1.29, 1.82) is 0 Å². The maximum absolute atomic E-state index is 15.1. The van der Waals surface area contributed by atoms with E-state index in [0.29, 0.717) is 42.3 Å². The summed E-state index contributed by atoms with van der Waals surface area (Å²) in [5.74, 6) is 0.649. The number of carbonyl (C=O) groups is 1. The number of amides is 1. The first-order valence-electron chi connectivity index (χ1n) is 22.8. The first kappa shape index (κ1) is 42.1. The molecule has 8 rings (SSSR count). The number of hydrogen-bond donors (Lipinski definition) is 0. The smallest absolute Gasteiger partial charge is 0.262 e. The van der Waals surface area contributed by atoms with Gasteiger partial charge in [0.2, 0.25) is 0 Å². The van der Waals surface area contributed by atoms with Crippen molar-refractivity contribution in [2.24, 2.45) is 0 Å². The summed E-state index contributed by atoms with van der Waals surface area (Å²) >= 11 is 0. The lowest BCUT2D eigenvalue weighted by Gasteiger charge is -2.44. The molecule has 6 heteroatoms. The highest BCUT2D eigenvalue weighted by Crippen LogP contribution is 2.44. The number of rotatable bonds is 14. The molecule has 1 amide bonds. The van der Waals surface area contributed by atoms with Crippen LogP contribution in [0.3, 0.4) is 0 Å². The molecule has 6 aromatic rings. The first-order valence-corrected chi connectivity index (χ1v) is 22.8. The Labute approximate surface area is 362 Å². The van der Waals surface area contributed by atoms with Crippen LogP contribution in [0, 0.1) is 0 Å². The lowest BCUT2D eigenvalue weighted by Crippen LogP contribution is -2.50. The van der Waals surface area contributed by atoms with Crippen molar-refractivity contribution in [3.8, 4) is 0 Å². The van der Waals surface area contributed by atoms with Crippen molar-refractivity contribution in [2.45, 2.75) is 111 Å². The molecule has 0 N–H and O–H groups in total. The number of allylic oxidation sites excluding steroid dienone is 5. The van der Waals surface area contributed by atoms with Crippen LogP contribution in [0.4, 0.5) is 0 Å². The third-order valence-electron chi connectivity index (χ3n) is 13.3. The summed E-state index contributed by atoms with van der Waals surface area (Å²) in [5.41, 5.74) is 7.21. The molecule has 1 aliphatic carbocycles. The van der Waals surface area contributed by atoms with Crippen LogP contribution in [-0.2, 0) is 9.53 Å². The van der Waals surface area contributed by atoms with Crippen LogP contribution < -0.4 is 10.7 Å². The molecule has 0 bridgehead atoms. The van der Waals surface area contributed by atoms with E-state index >= 15 is 4.79 Å². The van der Waals surface area contributed by atoms with E-state index in [4.69, 9.17) is 11.3 Å². The molecule has 0 spiro atoms. The lowest BCUT2D eigenvalue weighted by atomic mass is 9.92. The quantitative estimate of drug-likeness (QED) is 0.103. The number of methoxy groups -OCH3 is 1. The van der Waals surface area contributed by atoms with Gasteiger partial charge in [0, 0.05) is 74.7 Å². The SMILES string of the molecule is C=C1/C(=C2C(=C/C=c3\c4cccc5cccc(c54)n3C(C)CCC)\CCC\2=C/C=c2\c3cccc4cccc(c43)n2C(C)CCC)C(=O)N(CCCC)C(=C)N1C(C)COC. The summed E-state index contributed by atoms with van der Waals surface area (Å²) in [6, 6.07) is 27.3. The zero-order valence-electron chi connectivity index (χ0n) is 37.6. The molecule has 3 atom stereocenters. The molecule has 316 valence electrons. The summed E-state index contributed by atoms with van der Waals surface area (Å²) in [7, 11) is 1.73. The van der Waals surface area contributed by atoms with Gasteiger partial charge in [-0.15, -0.1) is 0 Å². The van der Waals surface area contributed by atoms with Crippen LogP contribution in [0.5, 0.6) is 0 Å². The van der Waals surface area contributed by atoms with Crippen molar-refractivity contribution in [1.82, 2.24) is 18.9 Å². The molecular formula is C55H64N4O2. The molecule has 2 aromatic heterocycles. The van der Waals surface area contributed by atoms with E-state index < -0.39 is 0 Å². The normalized spacial score (nSPS) is 20.1. The number of unbranched alkanes of at least 4 members (excludes halogenated alkanes) is 1. The van der Waals surface area contributed by atoms with Gasteiger partial charge in [-0.3, -0.25) is 9.69 Å². The Balaban J connectivity index is 1.41. The minimum atomic E-state index is -0.0690. The van der Waals surface area contributed by atoms with Crippen molar-refractivity contribution >= 4 is 61.4 Å². The molecule has 0 radical (unpaired) electrons. The Bertz CT molecular complexity index is 2690. The fourth-order valence-corrected chi connectivity index (χ4v) is 10.5. The third-order valence-corrected chi connectivity index (χ3v) is 13.3. The molecule has 1 saturated carbocycles. The summed E-state index contributed by atoms with van der Waals surface area (Å²) in [6.45, 7) is 23.8. The van der Waals surface area contributed by atoms with Crippen LogP contribution in [0.25, 0.3) is 55.5 Å². The van der Waals surface area contributed by atoms with E-state index in [-0.39, 0.29) is 11.9 Å². The molecule has 2 aliphatic rings. The number of nitrogens with zero attached hydrogens (tertiary/aromatic N) is 4. The third kappa shape index (κ3) is 7.37. The highest BCUT2D eigenvalue weighted by molar-refractivity contribution is 6.11. The van der Waals surface area contributed by atoms with E-state index in [1.165, 1.54) is 54.0 Å². The Morgan fingerprint density at radius 2 is 1.15 bits per heavy atom. The van der Waals surface area contributed by atoms with Crippen LogP contribution >= 0.6 is 0 Å². The van der Waals surface area contributed by atoms with Gasteiger partial charge in [0.05, 0.1) is 18.2 Å². The predicted molar refractivity (Wildman–Crippen MR) is 258 cm³/mol. The van der Waals surface area contributed by atoms with Crippen molar-refractivity contribution in [3.05, 3.63) is 143 Å². The highest BCUT2D eigenvalue weighted by Gasteiger charge is 2.40. The Hall–Kier alpha value is -5.59. The minimum absolute atomic E-state index is 0.0224. The summed E-state index contributed by atoms with van der Waals surface area (Å²) in [6.07, 6.45) is 17.1. The van der Waals surface area contributed by atoms with Gasteiger partial charge in [-0.1, -0.05) is 126 Å². The largest absolute Gasteiger partial charge is 0.383 e. The molecule has 1 aliphatic heterocycles. The maximum atomic E-state index is 15.1. The number of benzene rings is 4. The Morgan fingerprint density at radius 3 is 1.61 bits per heavy atom. The van der Waals surface area contributed by atoms with Gasteiger partial charge in [0.1, 0.15) is 5.82 Å². The number of ether oxygens (including phenoxy) is 1. The van der Waals surface area contributed by atoms with Gasteiger partial charge in [-0.05, 0) is 105 Å². The topological polar surface area (TPSA) is 42.6 Å². The van der Waals surface area contributed by atoms with Crippen LogP contribution in [-0.4, -0.2) is 51.1 Å². The molecule has 3 unspecified atom stereocenters. The van der Waals surface area contributed by atoms with Gasteiger partial charge in [0.25, 0.3) is 5.91 Å². The lowest BCUT2D eigenvalue weighted by molar-refractivity contribution is -0.128. The zero-order valence-corrected chi connectivity index (χ0v) is 37.6. The second-order valence-electron chi connectivity index (χ2n) is 17.5. The number of aromatic nitrogens is 2. The van der Waals surface area contributed by atoms with E-state index in [2.05, 4.69) is 159 Å². The number of hydrogen-bond acceptors (Lipinski definition) is 3. The number of carbonyl (C=O) groups excluding carboxylic acids is 1. The minimum Gasteiger partial charge on any atom is -0.383 e.